The molecule has 1 aliphatic rings. The van der Waals surface area contributed by atoms with E-state index in [1.165, 1.54) is 22.9 Å². The minimum absolute atomic E-state index is 0.0275. The lowest BCUT2D eigenvalue weighted by atomic mass is 9.88. The number of carbonyl (C=O) groups excluding carboxylic acids is 2. The van der Waals surface area contributed by atoms with Gasteiger partial charge >= 0.3 is 0 Å². The Hall–Kier alpha value is -3.05. The molecule has 0 fully saturated rings. The standard InChI is InChI=1S/C25H24N2O2S/c28-24(17-27-22-13-7-8-14-23(22)30-18-25(27)29)26-16-15-21(19-9-3-1-4-10-19)20-11-5-2-6-12-20/h1-14,21H,15-18H2,(H,26,28). The van der Waals surface area contributed by atoms with Crippen LogP contribution in [0.15, 0.2) is 89.8 Å². The third-order valence-corrected chi connectivity index (χ3v) is 6.32. The first kappa shape index (κ1) is 20.2. The average Bonchev–Trinajstić information content (AvgIpc) is 2.80. The summed E-state index contributed by atoms with van der Waals surface area (Å²) < 4.78 is 0. The van der Waals surface area contributed by atoms with Gasteiger partial charge in [0.25, 0.3) is 0 Å². The molecule has 0 unspecified atom stereocenters. The van der Waals surface area contributed by atoms with Crippen LogP contribution in [0, 0.1) is 0 Å². The van der Waals surface area contributed by atoms with E-state index in [9.17, 15) is 9.59 Å². The van der Waals surface area contributed by atoms with Gasteiger partial charge in [-0.1, -0.05) is 72.8 Å². The van der Waals surface area contributed by atoms with Crippen LogP contribution in [-0.2, 0) is 9.59 Å². The number of para-hydroxylation sites is 1. The predicted molar refractivity (Wildman–Crippen MR) is 122 cm³/mol. The Balaban J connectivity index is 1.39. The fourth-order valence-electron chi connectivity index (χ4n) is 3.78. The van der Waals surface area contributed by atoms with Gasteiger partial charge in [0.1, 0.15) is 6.54 Å². The molecular formula is C25H24N2O2S. The monoisotopic (exact) mass is 416 g/mol. The molecule has 0 aliphatic carbocycles. The maximum Gasteiger partial charge on any atom is 0.240 e. The molecule has 0 radical (unpaired) electrons. The highest BCUT2D eigenvalue weighted by atomic mass is 32.2. The Kier molecular flexibility index (Phi) is 6.50. The van der Waals surface area contributed by atoms with Gasteiger partial charge in [-0.2, -0.15) is 0 Å². The number of benzene rings is 3. The van der Waals surface area contributed by atoms with E-state index in [0.29, 0.717) is 12.3 Å². The summed E-state index contributed by atoms with van der Waals surface area (Å²) in [5.41, 5.74) is 3.28. The number of nitrogens with one attached hydrogen (secondary N) is 1. The third kappa shape index (κ3) is 4.74. The zero-order valence-corrected chi connectivity index (χ0v) is 17.5. The van der Waals surface area contributed by atoms with Crippen molar-refractivity contribution in [3.05, 3.63) is 96.1 Å². The summed E-state index contributed by atoms with van der Waals surface area (Å²) in [5, 5.41) is 3.01. The third-order valence-electron chi connectivity index (χ3n) is 5.27. The van der Waals surface area contributed by atoms with Crippen LogP contribution in [0.3, 0.4) is 0 Å². The van der Waals surface area contributed by atoms with Gasteiger partial charge in [-0.25, -0.2) is 0 Å². The van der Waals surface area contributed by atoms with Crippen molar-refractivity contribution in [1.82, 2.24) is 5.32 Å². The first-order valence-electron chi connectivity index (χ1n) is 10.1. The number of anilines is 1. The number of amides is 2. The van der Waals surface area contributed by atoms with Gasteiger partial charge in [0, 0.05) is 17.4 Å². The topological polar surface area (TPSA) is 49.4 Å². The molecule has 0 bridgehead atoms. The smallest absolute Gasteiger partial charge is 0.240 e. The van der Waals surface area contributed by atoms with Crippen molar-refractivity contribution in [1.29, 1.82) is 0 Å². The Labute approximate surface area is 181 Å². The highest BCUT2D eigenvalue weighted by Gasteiger charge is 2.26. The summed E-state index contributed by atoms with van der Waals surface area (Å²) in [6, 6.07) is 28.4. The van der Waals surface area contributed by atoms with Crippen molar-refractivity contribution in [3.63, 3.8) is 0 Å². The lowest BCUT2D eigenvalue weighted by Crippen LogP contribution is -2.43. The molecule has 0 aromatic heterocycles. The lowest BCUT2D eigenvalue weighted by Gasteiger charge is -2.28. The minimum Gasteiger partial charge on any atom is -0.355 e. The van der Waals surface area contributed by atoms with Crippen LogP contribution in [-0.4, -0.2) is 30.7 Å². The van der Waals surface area contributed by atoms with E-state index in [1.807, 2.05) is 60.7 Å². The summed E-state index contributed by atoms with van der Waals surface area (Å²) in [4.78, 5) is 27.6. The molecule has 5 heteroatoms. The van der Waals surface area contributed by atoms with E-state index < -0.39 is 0 Å². The molecule has 0 atom stereocenters. The van der Waals surface area contributed by atoms with Crippen molar-refractivity contribution >= 4 is 29.3 Å². The fraction of sp³-hybridized carbons (Fsp3) is 0.200. The second-order valence-corrected chi connectivity index (χ2v) is 8.27. The van der Waals surface area contributed by atoms with Crippen LogP contribution in [0.1, 0.15) is 23.5 Å². The minimum atomic E-state index is -0.134. The quantitative estimate of drug-likeness (QED) is 0.619. The Bertz CT molecular complexity index is 968. The van der Waals surface area contributed by atoms with E-state index >= 15 is 0 Å². The Morgan fingerprint density at radius 2 is 1.50 bits per heavy atom. The lowest BCUT2D eigenvalue weighted by molar-refractivity contribution is -0.123. The van der Waals surface area contributed by atoms with Crippen molar-refractivity contribution in [2.24, 2.45) is 0 Å². The number of thioether (sulfide) groups is 1. The molecule has 3 aromatic rings. The second-order valence-electron chi connectivity index (χ2n) is 7.25. The molecule has 1 aliphatic heterocycles. The number of rotatable bonds is 7. The van der Waals surface area contributed by atoms with Gasteiger partial charge in [-0.3, -0.25) is 9.59 Å². The molecular weight excluding hydrogens is 392 g/mol. The fourth-order valence-corrected chi connectivity index (χ4v) is 4.71. The summed E-state index contributed by atoms with van der Waals surface area (Å²) >= 11 is 1.52. The van der Waals surface area contributed by atoms with E-state index in [-0.39, 0.29) is 24.3 Å². The summed E-state index contributed by atoms with van der Waals surface area (Å²) in [5.74, 6) is 0.417. The molecule has 4 nitrogen and oxygen atoms in total. The van der Waals surface area contributed by atoms with Gasteiger partial charge < -0.3 is 10.2 Å². The maximum absolute atomic E-state index is 12.6. The molecule has 2 amide bonds. The number of hydrogen-bond donors (Lipinski definition) is 1. The molecule has 0 spiro atoms. The van der Waals surface area contributed by atoms with E-state index in [0.717, 1.165) is 17.0 Å². The number of fused-ring (bicyclic) bond motifs is 1. The zero-order valence-electron chi connectivity index (χ0n) is 16.7. The molecule has 152 valence electrons. The van der Waals surface area contributed by atoms with Gasteiger partial charge in [0.05, 0.1) is 11.4 Å². The van der Waals surface area contributed by atoms with Crippen molar-refractivity contribution < 1.29 is 9.59 Å². The molecule has 1 N–H and O–H groups in total. The normalized spacial score (nSPS) is 13.2. The van der Waals surface area contributed by atoms with Crippen LogP contribution < -0.4 is 10.2 Å². The molecule has 4 rings (SSSR count). The number of nitrogens with zero attached hydrogens (tertiary/aromatic N) is 1. The zero-order chi connectivity index (χ0) is 20.8. The predicted octanol–water partition coefficient (Wildman–Crippen LogP) is 4.46. The SMILES string of the molecule is O=C(CN1C(=O)CSc2ccccc21)NCCC(c1ccccc1)c1ccccc1. The first-order valence-corrected chi connectivity index (χ1v) is 11.1. The first-order chi connectivity index (χ1) is 14.7. The van der Waals surface area contributed by atoms with Crippen molar-refractivity contribution in [2.75, 3.05) is 23.7 Å². The largest absolute Gasteiger partial charge is 0.355 e. The highest BCUT2D eigenvalue weighted by Crippen LogP contribution is 2.34. The number of carbonyl (C=O) groups is 2. The maximum atomic E-state index is 12.6. The van der Waals surface area contributed by atoms with Gasteiger partial charge in [0.2, 0.25) is 11.8 Å². The van der Waals surface area contributed by atoms with Crippen molar-refractivity contribution in [3.8, 4) is 0 Å². The summed E-state index contributed by atoms with van der Waals surface area (Å²) in [6.45, 7) is 0.601. The van der Waals surface area contributed by atoms with Gasteiger partial charge in [-0.05, 0) is 29.7 Å². The Morgan fingerprint density at radius 1 is 0.900 bits per heavy atom. The van der Waals surface area contributed by atoms with E-state index in [2.05, 4.69) is 29.6 Å². The Morgan fingerprint density at radius 3 is 2.17 bits per heavy atom. The van der Waals surface area contributed by atoms with Crippen LogP contribution >= 0.6 is 11.8 Å². The van der Waals surface area contributed by atoms with Gasteiger partial charge in [-0.15, -0.1) is 11.8 Å². The molecule has 3 aromatic carbocycles. The molecule has 30 heavy (non-hydrogen) atoms. The van der Waals surface area contributed by atoms with Gasteiger partial charge in [0.15, 0.2) is 0 Å². The van der Waals surface area contributed by atoms with E-state index in [1.54, 1.807) is 4.90 Å². The summed E-state index contributed by atoms with van der Waals surface area (Å²) in [6.07, 6.45) is 0.792. The molecule has 0 saturated heterocycles. The summed E-state index contributed by atoms with van der Waals surface area (Å²) in [7, 11) is 0. The highest BCUT2D eigenvalue weighted by molar-refractivity contribution is 8.00. The van der Waals surface area contributed by atoms with Crippen LogP contribution in [0.5, 0.6) is 0 Å². The second kappa shape index (κ2) is 9.63. The van der Waals surface area contributed by atoms with Crippen LogP contribution in [0.4, 0.5) is 5.69 Å². The van der Waals surface area contributed by atoms with Crippen LogP contribution in [0.2, 0.25) is 0 Å². The average molecular weight is 417 g/mol. The van der Waals surface area contributed by atoms with E-state index in [4.69, 9.17) is 0 Å². The molecule has 0 saturated carbocycles. The number of hydrogen-bond acceptors (Lipinski definition) is 3. The van der Waals surface area contributed by atoms with Crippen molar-refractivity contribution in [2.45, 2.75) is 17.2 Å². The van der Waals surface area contributed by atoms with Crippen LogP contribution in [0.25, 0.3) is 0 Å². The molecule has 1 heterocycles.